The number of carbonyl (C=O) groups is 1. The van der Waals surface area contributed by atoms with Gasteiger partial charge in [-0.15, -0.1) is 0 Å². The molecule has 1 rings (SSSR count). The maximum Gasteiger partial charge on any atom is 0.257 e. The second-order valence-electron chi connectivity index (χ2n) is 4.70. The summed E-state index contributed by atoms with van der Waals surface area (Å²) in [4.78, 5) is 22.5. The molecule has 1 N–H and O–H groups in total. The minimum Gasteiger partial charge on any atom is -0.340 e. The van der Waals surface area contributed by atoms with Crippen LogP contribution in [0.5, 0.6) is 0 Å². The molecule has 18 heavy (non-hydrogen) atoms. The maximum absolute atomic E-state index is 12.3. The maximum atomic E-state index is 12.3. The molecule has 1 amide bonds. The van der Waals surface area contributed by atoms with Crippen molar-refractivity contribution in [3.8, 4) is 0 Å². The fourth-order valence-corrected chi connectivity index (χ4v) is 1.68. The molecule has 0 radical (unpaired) electrons. The van der Waals surface area contributed by atoms with E-state index in [1.54, 1.807) is 18.1 Å². The summed E-state index contributed by atoms with van der Waals surface area (Å²) >= 11 is 0. The van der Waals surface area contributed by atoms with Crippen LogP contribution in [-0.4, -0.2) is 48.0 Å². The Morgan fingerprint density at radius 1 is 1.50 bits per heavy atom. The van der Waals surface area contributed by atoms with E-state index in [9.17, 15) is 4.79 Å². The Morgan fingerprint density at radius 2 is 2.17 bits per heavy atom. The number of likely N-dealkylation sites (N-methyl/N-ethyl adjacent to an activating group) is 2. The van der Waals surface area contributed by atoms with Crippen molar-refractivity contribution in [1.82, 2.24) is 20.2 Å². The van der Waals surface area contributed by atoms with Crippen LogP contribution >= 0.6 is 0 Å². The molecule has 5 heteroatoms. The number of hydrogen-bond acceptors (Lipinski definition) is 4. The smallest absolute Gasteiger partial charge is 0.257 e. The Morgan fingerprint density at radius 3 is 2.72 bits per heavy atom. The molecule has 1 heterocycles. The van der Waals surface area contributed by atoms with Crippen molar-refractivity contribution in [3.63, 3.8) is 0 Å². The molecular formula is C13H22N4O. The lowest BCUT2D eigenvalue weighted by molar-refractivity contribution is 0.0794. The van der Waals surface area contributed by atoms with E-state index in [4.69, 9.17) is 0 Å². The van der Waals surface area contributed by atoms with Crippen LogP contribution in [0.3, 0.4) is 0 Å². The molecule has 0 bridgehead atoms. The number of hydrogen-bond donors (Lipinski definition) is 1. The van der Waals surface area contributed by atoms with E-state index >= 15 is 0 Å². The van der Waals surface area contributed by atoms with Crippen molar-refractivity contribution in [1.29, 1.82) is 0 Å². The first-order chi connectivity index (χ1) is 8.47. The van der Waals surface area contributed by atoms with Crippen LogP contribution in [0.1, 0.15) is 41.6 Å². The van der Waals surface area contributed by atoms with Gasteiger partial charge >= 0.3 is 0 Å². The number of amides is 1. The molecule has 1 aromatic rings. The highest BCUT2D eigenvalue weighted by Crippen LogP contribution is 2.17. The van der Waals surface area contributed by atoms with Gasteiger partial charge < -0.3 is 10.2 Å². The van der Waals surface area contributed by atoms with Crippen LogP contribution in [0.15, 0.2) is 6.20 Å². The van der Waals surface area contributed by atoms with Gasteiger partial charge in [-0.2, -0.15) is 0 Å². The molecule has 0 atom stereocenters. The SMILES string of the molecule is CNCCN(C)C(=O)c1cnc(C)nc1C(C)C. The Labute approximate surface area is 109 Å². The summed E-state index contributed by atoms with van der Waals surface area (Å²) < 4.78 is 0. The number of nitrogens with one attached hydrogen (secondary N) is 1. The predicted octanol–water partition coefficient (Wildman–Crippen LogP) is 1.20. The fourth-order valence-electron chi connectivity index (χ4n) is 1.68. The lowest BCUT2D eigenvalue weighted by Crippen LogP contribution is -2.33. The van der Waals surface area contributed by atoms with Crippen molar-refractivity contribution < 1.29 is 4.79 Å². The molecule has 0 saturated carbocycles. The van der Waals surface area contributed by atoms with Crippen molar-refractivity contribution in [3.05, 3.63) is 23.3 Å². The first-order valence-electron chi connectivity index (χ1n) is 6.21. The minimum atomic E-state index is -0.0195. The molecule has 0 saturated heterocycles. The molecule has 0 aliphatic rings. The highest BCUT2D eigenvalue weighted by Gasteiger charge is 2.19. The standard InChI is InChI=1S/C13H22N4O/c1-9(2)12-11(8-15-10(3)16-12)13(18)17(5)7-6-14-4/h8-9,14H,6-7H2,1-5H3. The van der Waals surface area contributed by atoms with E-state index in [1.165, 1.54) is 0 Å². The molecule has 0 aliphatic carbocycles. The lowest BCUT2D eigenvalue weighted by Gasteiger charge is -2.19. The van der Waals surface area contributed by atoms with Gasteiger partial charge in [0.25, 0.3) is 5.91 Å². The molecule has 1 aromatic heterocycles. The Balaban J connectivity index is 2.97. The predicted molar refractivity (Wildman–Crippen MR) is 71.7 cm³/mol. The van der Waals surface area contributed by atoms with Crippen molar-refractivity contribution in [2.24, 2.45) is 0 Å². The van der Waals surface area contributed by atoms with E-state index in [-0.39, 0.29) is 11.8 Å². The third-order valence-electron chi connectivity index (χ3n) is 2.76. The first-order valence-corrected chi connectivity index (χ1v) is 6.21. The van der Waals surface area contributed by atoms with E-state index in [1.807, 2.05) is 27.8 Å². The van der Waals surface area contributed by atoms with Crippen LogP contribution in [0.2, 0.25) is 0 Å². The number of nitrogens with zero attached hydrogens (tertiary/aromatic N) is 3. The summed E-state index contributed by atoms with van der Waals surface area (Å²) in [5, 5.41) is 3.03. The zero-order valence-corrected chi connectivity index (χ0v) is 11.8. The monoisotopic (exact) mass is 250 g/mol. The van der Waals surface area contributed by atoms with Gasteiger partial charge in [-0.25, -0.2) is 9.97 Å². The molecular weight excluding hydrogens is 228 g/mol. The van der Waals surface area contributed by atoms with Crippen LogP contribution in [-0.2, 0) is 0 Å². The summed E-state index contributed by atoms with van der Waals surface area (Å²) in [7, 11) is 3.66. The third-order valence-corrected chi connectivity index (χ3v) is 2.76. The average molecular weight is 250 g/mol. The second kappa shape index (κ2) is 6.44. The van der Waals surface area contributed by atoms with Crippen molar-refractivity contribution in [2.75, 3.05) is 27.2 Å². The molecule has 0 aliphatic heterocycles. The molecule has 5 nitrogen and oxygen atoms in total. The summed E-state index contributed by atoms with van der Waals surface area (Å²) in [5.74, 6) is 0.894. The van der Waals surface area contributed by atoms with Gasteiger partial charge in [-0.3, -0.25) is 4.79 Å². The Hall–Kier alpha value is -1.49. The van der Waals surface area contributed by atoms with Gasteiger partial charge in [0.2, 0.25) is 0 Å². The summed E-state index contributed by atoms with van der Waals surface area (Å²) in [6, 6.07) is 0. The van der Waals surface area contributed by atoms with E-state index < -0.39 is 0 Å². The van der Waals surface area contributed by atoms with Crippen molar-refractivity contribution >= 4 is 5.91 Å². The van der Waals surface area contributed by atoms with Crippen LogP contribution in [0.4, 0.5) is 0 Å². The normalized spacial score (nSPS) is 10.8. The average Bonchev–Trinajstić information content (AvgIpc) is 2.34. The Bertz CT molecular complexity index is 417. The number of carbonyl (C=O) groups excluding carboxylic acids is 1. The minimum absolute atomic E-state index is 0.0195. The van der Waals surface area contributed by atoms with Gasteiger partial charge in [0.05, 0.1) is 11.3 Å². The van der Waals surface area contributed by atoms with Gasteiger partial charge in [0.1, 0.15) is 5.82 Å². The summed E-state index contributed by atoms with van der Waals surface area (Å²) in [6.45, 7) is 7.34. The van der Waals surface area contributed by atoms with E-state index in [0.29, 0.717) is 17.9 Å². The highest BCUT2D eigenvalue weighted by atomic mass is 16.2. The van der Waals surface area contributed by atoms with Crippen LogP contribution in [0.25, 0.3) is 0 Å². The van der Waals surface area contributed by atoms with E-state index in [0.717, 1.165) is 12.2 Å². The molecule has 0 aromatic carbocycles. The number of aryl methyl sites for hydroxylation is 1. The molecule has 0 unspecified atom stereocenters. The fraction of sp³-hybridized carbons (Fsp3) is 0.615. The molecule has 100 valence electrons. The first kappa shape index (κ1) is 14.6. The molecule has 0 spiro atoms. The van der Waals surface area contributed by atoms with Crippen molar-refractivity contribution in [2.45, 2.75) is 26.7 Å². The quantitative estimate of drug-likeness (QED) is 0.853. The number of rotatable bonds is 5. The largest absolute Gasteiger partial charge is 0.340 e. The van der Waals surface area contributed by atoms with Crippen LogP contribution in [0, 0.1) is 6.92 Å². The second-order valence-corrected chi connectivity index (χ2v) is 4.70. The van der Waals surface area contributed by atoms with Gasteiger partial charge in [0, 0.05) is 26.3 Å². The Kier molecular flexibility index (Phi) is 5.22. The topological polar surface area (TPSA) is 58.1 Å². The van der Waals surface area contributed by atoms with Gasteiger partial charge in [0.15, 0.2) is 0 Å². The van der Waals surface area contributed by atoms with E-state index in [2.05, 4.69) is 15.3 Å². The summed E-state index contributed by atoms with van der Waals surface area (Å²) in [6.07, 6.45) is 1.63. The summed E-state index contributed by atoms with van der Waals surface area (Å²) in [5.41, 5.74) is 1.43. The molecule has 0 fully saturated rings. The third kappa shape index (κ3) is 3.50. The zero-order valence-electron chi connectivity index (χ0n) is 11.8. The van der Waals surface area contributed by atoms with Crippen LogP contribution < -0.4 is 5.32 Å². The highest BCUT2D eigenvalue weighted by molar-refractivity contribution is 5.95. The number of aromatic nitrogens is 2. The van der Waals surface area contributed by atoms with Gasteiger partial charge in [-0.05, 0) is 19.9 Å². The zero-order chi connectivity index (χ0) is 13.7. The lowest BCUT2D eigenvalue weighted by atomic mass is 10.0. The van der Waals surface area contributed by atoms with Gasteiger partial charge in [-0.1, -0.05) is 13.8 Å².